The van der Waals surface area contributed by atoms with Crippen LogP contribution in [0.4, 0.5) is 0 Å². The van der Waals surface area contributed by atoms with Crippen LogP contribution in [0.1, 0.15) is 6.92 Å². The molecule has 0 aromatic rings. The van der Waals surface area contributed by atoms with E-state index in [0.29, 0.717) is 0 Å². The van der Waals surface area contributed by atoms with Gasteiger partial charge in [-0.2, -0.15) is 0 Å². The zero-order chi connectivity index (χ0) is 10.2. The van der Waals surface area contributed by atoms with E-state index in [1.165, 1.54) is 0 Å². The summed E-state index contributed by atoms with van der Waals surface area (Å²) in [6.45, 7) is 0.608. The molecule has 1 rings (SSSR count). The van der Waals surface area contributed by atoms with Gasteiger partial charge in [0.25, 0.3) is 0 Å². The van der Waals surface area contributed by atoms with E-state index in [1.54, 1.807) is 0 Å². The third kappa shape index (κ3) is 1.83. The SMILES string of the molecule is C[C@]1(O)OC(CO)[C@@H](O)C(O)C1O. The zero-order valence-electron chi connectivity index (χ0n) is 7.16. The van der Waals surface area contributed by atoms with Crippen molar-refractivity contribution in [3.63, 3.8) is 0 Å². The van der Waals surface area contributed by atoms with E-state index >= 15 is 0 Å². The van der Waals surface area contributed by atoms with Gasteiger partial charge in [-0.15, -0.1) is 0 Å². The van der Waals surface area contributed by atoms with Crippen molar-refractivity contribution < 1.29 is 30.3 Å². The molecule has 1 aliphatic rings. The summed E-state index contributed by atoms with van der Waals surface area (Å²) in [6.07, 6.45) is -5.61. The van der Waals surface area contributed by atoms with Crippen molar-refractivity contribution >= 4 is 0 Å². The lowest BCUT2D eigenvalue weighted by molar-refractivity contribution is -0.341. The summed E-state index contributed by atoms with van der Waals surface area (Å²) < 4.78 is 4.76. The number of aliphatic hydroxyl groups is 5. The van der Waals surface area contributed by atoms with E-state index in [0.717, 1.165) is 6.92 Å². The molecule has 5 atom stereocenters. The summed E-state index contributed by atoms with van der Waals surface area (Å²) in [5, 5.41) is 45.8. The molecule has 13 heavy (non-hydrogen) atoms. The van der Waals surface area contributed by atoms with Crippen LogP contribution in [0.15, 0.2) is 0 Å². The minimum absolute atomic E-state index is 0.541. The minimum Gasteiger partial charge on any atom is -0.394 e. The molecule has 0 aromatic heterocycles. The zero-order valence-corrected chi connectivity index (χ0v) is 7.16. The Morgan fingerprint density at radius 2 is 1.77 bits per heavy atom. The predicted octanol–water partition coefficient (Wildman–Crippen LogP) is -2.83. The molecule has 5 N–H and O–H groups in total. The van der Waals surface area contributed by atoms with Crippen LogP contribution in [0.5, 0.6) is 0 Å². The molecule has 0 spiro atoms. The van der Waals surface area contributed by atoms with E-state index in [4.69, 9.17) is 9.84 Å². The van der Waals surface area contributed by atoms with Crippen molar-refractivity contribution in [2.75, 3.05) is 6.61 Å². The molecule has 6 heteroatoms. The molecular formula is C7H14O6. The molecule has 78 valence electrons. The third-order valence-electron chi connectivity index (χ3n) is 2.17. The van der Waals surface area contributed by atoms with E-state index in [9.17, 15) is 20.4 Å². The first kappa shape index (κ1) is 10.8. The van der Waals surface area contributed by atoms with Gasteiger partial charge in [0.1, 0.15) is 24.4 Å². The highest BCUT2D eigenvalue weighted by molar-refractivity contribution is 4.93. The highest BCUT2D eigenvalue weighted by atomic mass is 16.7. The second kappa shape index (κ2) is 3.49. The predicted molar refractivity (Wildman–Crippen MR) is 40.6 cm³/mol. The van der Waals surface area contributed by atoms with Crippen molar-refractivity contribution in [3.8, 4) is 0 Å². The fourth-order valence-electron chi connectivity index (χ4n) is 1.31. The average molecular weight is 194 g/mol. The summed E-state index contributed by atoms with van der Waals surface area (Å²) in [7, 11) is 0. The van der Waals surface area contributed by atoms with Crippen LogP contribution in [-0.4, -0.2) is 62.3 Å². The summed E-state index contributed by atoms with van der Waals surface area (Å²) >= 11 is 0. The largest absolute Gasteiger partial charge is 0.394 e. The van der Waals surface area contributed by atoms with Crippen molar-refractivity contribution in [1.29, 1.82) is 0 Å². The Bertz CT molecular complexity index is 180. The van der Waals surface area contributed by atoms with E-state index in [2.05, 4.69) is 0 Å². The van der Waals surface area contributed by atoms with Gasteiger partial charge in [0.15, 0.2) is 5.79 Å². The Labute approximate surface area is 75.0 Å². The molecule has 3 unspecified atom stereocenters. The van der Waals surface area contributed by atoms with Crippen molar-refractivity contribution in [2.45, 2.75) is 37.1 Å². The van der Waals surface area contributed by atoms with Crippen LogP contribution < -0.4 is 0 Å². The van der Waals surface area contributed by atoms with Gasteiger partial charge in [0.05, 0.1) is 6.61 Å². The van der Waals surface area contributed by atoms with Gasteiger partial charge in [0, 0.05) is 0 Å². The molecule has 0 bridgehead atoms. The first-order chi connectivity index (χ1) is 5.90. The summed E-state index contributed by atoms with van der Waals surface area (Å²) in [4.78, 5) is 0. The fraction of sp³-hybridized carbons (Fsp3) is 1.00. The average Bonchev–Trinajstić information content (AvgIpc) is 2.08. The topological polar surface area (TPSA) is 110 Å². The molecule has 1 heterocycles. The molecule has 0 aromatic carbocycles. The van der Waals surface area contributed by atoms with E-state index < -0.39 is 36.8 Å². The molecule has 1 aliphatic heterocycles. The Morgan fingerprint density at radius 1 is 1.23 bits per heavy atom. The third-order valence-corrected chi connectivity index (χ3v) is 2.17. The molecule has 6 nitrogen and oxygen atoms in total. The number of ether oxygens (including phenoxy) is 1. The van der Waals surface area contributed by atoms with Crippen LogP contribution in [-0.2, 0) is 4.74 Å². The maximum absolute atomic E-state index is 9.38. The molecular weight excluding hydrogens is 180 g/mol. The normalized spacial score (nSPS) is 52.2. The maximum Gasteiger partial charge on any atom is 0.192 e. The van der Waals surface area contributed by atoms with Crippen LogP contribution >= 0.6 is 0 Å². The monoisotopic (exact) mass is 194 g/mol. The second-order valence-electron chi connectivity index (χ2n) is 3.32. The number of rotatable bonds is 1. The molecule has 0 saturated carbocycles. The summed E-state index contributed by atoms with van der Waals surface area (Å²) in [6, 6.07) is 0. The van der Waals surface area contributed by atoms with Gasteiger partial charge >= 0.3 is 0 Å². The Balaban J connectivity index is 2.79. The second-order valence-corrected chi connectivity index (χ2v) is 3.32. The van der Waals surface area contributed by atoms with Gasteiger partial charge in [-0.25, -0.2) is 0 Å². The number of aliphatic hydroxyl groups excluding tert-OH is 4. The first-order valence-electron chi connectivity index (χ1n) is 3.95. The highest BCUT2D eigenvalue weighted by Crippen LogP contribution is 2.27. The van der Waals surface area contributed by atoms with Crippen molar-refractivity contribution in [3.05, 3.63) is 0 Å². The summed E-state index contributed by atoms with van der Waals surface area (Å²) in [5.74, 6) is -1.95. The van der Waals surface area contributed by atoms with E-state index in [-0.39, 0.29) is 0 Å². The Hall–Kier alpha value is -0.240. The molecule has 1 saturated heterocycles. The lowest BCUT2D eigenvalue weighted by Crippen LogP contribution is -2.63. The Morgan fingerprint density at radius 3 is 2.23 bits per heavy atom. The number of hydrogen-bond acceptors (Lipinski definition) is 6. The summed E-state index contributed by atoms with van der Waals surface area (Å²) in [5.41, 5.74) is 0. The quantitative estimate of drug-likeness (QED) is 0.308. The lowest BCUT2D eigenvalue weighted by atomic mass is 9.94. The van der Waals surface area contributed by atoms with Crippen LogP contribution in [0, 0.1) is 0 Å². The molecule has 1 fully saturated rings. The van der Waals surface area contributed by atoms with E-state index in [1.807, 2.05) is 0 Å². The highest BCUT2D eigenvalue weighted by Gasteiger charge is 2.49. The Kier molecular flexibility index (Phi) is 2.91. The first-order valence-corrected chi connectivity index (χ1v) is 3.95. The van der Waals surface area contributed by atoms with Gasteiger partial charge in [-0.05, 0) is 6.92 Å². The van der Waals surface area contributed by atoms with Crippen LogP contribution in [0.25, 0.3) is 0 Å². The maximum atomic E-state index is 9.38. The van der Waals surface area contributed by atoms with Gasteiger partial charge in [-0.3, -0.25) is 0 Å². The van der Waals surface area contributed by atoms with Gasteiger partial charge < -0.3 is 30.3 Å². The fourth-order valence-corrected chi connectivity index (χ4v) is 1.31. The number of hydrogen-bond donors (Lipinski definition) is 5. The molecule has 0 radical (unpaired) electrons. The van der Waals surface area contributed by atoms with Gasteiger partial charge in [-0.1, -0.05) is 0 Å². The van der Waals surface area contributed by atoms with Crippen LogP contribution in [0.2, 0.25) is 0 Å². The standard InChI is InChI=1S/C7H14O6/c1-7(12)6(11)5(10)4(9)3(2-8)13-7/h3-6,8-12H,2H2,1H3/t3?,4-,5?,6?,7+/m1/s1. The van der Waals surface area contributed by atoms with Crippen molar-refractivity contribution in [1.82, 2.24) is 0 Å². The van der Waals surface area contributed by atoms with Crippen molar-refractivity contribution in [2.24, 2.45) is 0 Å². The molecule has 0 aliphatic carbocycles. The smallest absolute Gasteiger partial charge is 0.192 e. The minimum atomic E-state index is -1.95. The van der Waals surface area contributed by atoms with Gasteiger partial charge in [0.2, 0.25) is 0 Å². The van der Waals surface area contributed by atoms with Crippen LogP contribution in [0.3, 0.4) is 0 Å². The molecule has 0 amide bonds. The lowest BCUT2D eigenvalue weighted by Gasteiger charge is -2.43.